The van der Waals surface area contributed by atoms with Gasteiger partial charge < -0.3 is 14.7 Å². The van der Waals surface area contributed by atoms with E-state index >= 15 is 0 Å². The number of benzene rings is 1. The number of hydrogen-bond acceptors (Lipinski definition) is 4. The van der Waals surface area contributed by atoms with E-state index in [0.717, 1.165) is 36.9 Å². The molecule has 2 aliphatic heterocycles. The normalized spacial score (nSPS) is 24.0. The first-order valence-electron chi connectivity index (χ1n) is 9.66. The van der Waals surface area contributed by atoms with E-state index in [9.17, 15) is 13.2 Å². The molecule has 0 saturated carbocycles. The van der Waals surface area contributed by atoms with Crippen LogP contribution >= 0.6 is 11.6 Å². The number of amides is 1. The summed E-state index contributed by atoms with van der Waals surface area (Å²) >= 11 is 6.09. The second-order valence-electron chi connectivity index (χ2n) is 7.53. The largest absolute Gasteiger partial charge is 0.360 e. The summed E-state index contributed by atoms with van der Waals surface area (Å²) in [7, 11) is -2.99. The van der Waals surface area contributed by atoms with Crippen LogP contribution in [0.25, 0.3) is 0 Å². The van der Waals surface area contributed by atoms with Crippen molar-refractivity contribution in [3.63, 3.8) is 0 Å². The third-order valence-electron chi connectivity index (χ3n) is 5.83. The Bertz CT molecular complexity index is 778. The molecule has 2 saturated heterocycles. The molecule has 27 heavy (non-hydrogen) atoms. The van der Waals surface area contributed by atoms with Gasteiger partial charge in [-0.3, -0.25) is 4.79 Å². The van der Waals surface area contributed by atoms with Crippen molar-refractivity contribution in [2.24, 2.45) is 0 Å². The third kappa shape index (κ3) is 4.76. The molecule has 3 rings (SSSR count). The lowest BCUT2D eigenvalue weighted by atomic mass is 10.1. The van der Waals surface area contributed by atoms with Crippen molar-refractivity contribution in [1.29, 1.82) is 0 Å². The van der Waals surface area contributed by atoms with Crippen molar-refractivity contribution in [2.45, 2.75) is 32.4 Å². The van der Waals surface area contributed by atoms with Crippen molar-refractivity contribution < 1.29 is 18.1 Å². The highest BCUT2D eigenvalue weighted by atomic mass is 35.5. The van der Waals surface area contributed by atoms with Crippen molar-refractivity contribution in [3.05, 3.63) is 29.3 Å². The van der Waals surface area contributed by atoms with E-state index in [1.807, 2.05) is 32.0 Å². The van der Waals surface area contributed by atoms with E-state index in [-0.39, 0.29) is 29.5 Å². The number of carbonyl (C=O) groups is 1. The number of carbonyl (C=O) groups excluding carboxylic acids is 1. The standard InChI is InChI=1S/C19H28ClN3O3S/c1-3-23(18-7-12-27(25,26)14-18)19(24)15(2)21-8-10-22(11-9-21)17-6-4-5-16(20)13-17/h4-6,13,15,18H,3,7-12,14H2,1-2H3/p+1/t15-,18-/m1/s1. The van der Waals surface area contributed by atoms with Gasteiger partial charge in [-0.25, -0.2) is 8.42 Å². The Balaban J connectivity index is 1.59. The van der Waals surface area contributed by atoms with E-state index in [2.05, 4.69) is 11.0 Å². The van der Waals surface area contributed by atoms with Gasteiger partial charge in [0.25, 0.3) is 5.91 Å². The van der Waals surface area contributed by atoms with Crippen LogP contribution < -0.4 is 9.80 Å². The Labute approximate surface area is 167 Å². The molecule has 2 aliphatic rings. The molecule has 0 radical (unpaired) electrons. The molecule has 2 fully saturated rings. The molecule has 8 heteroatoms. The van der Waals surface area contributed by atoms with Gasteiger partial charge in [-0.2, -0.15) is 0 Å². The molecule has 150 valence electrons. The minimum Gasteiger partial charge on any atom is -0.360 e. The van der Waals surface area contributed by atoms with E-state index in [4.69, 9.17) is 11.6 Å². The average Bonchev–Trinajstić information content (AvgIpc) is 3.01. The Morgan fingerprint density at radius 1 is 1.37 bits per heavy atom. The molecule has 1 aromatic rings. The van der Waals surface area contributed by atoms with Crippen LogP contribution in [0.5, 0.6) is 0 Å². The quantitative estimate of drug-likeness (QED) is 0.760. The SMILES string of the molecule is CCN(C(=O)[C@@H](C)[NH+]1CCN(c2cccc(Cl)c2)CC1)[C@@H]1CCS(=O)(=O)C1. The summed E-state index contributed by atoms with van der Waals surface area (Å²) in [4.78, 5) is 18.4. The van der Waals surface area contributed by atoms with E-state index in [1.54, 1.807) is 4.90 Å². The first-order chi connectivity index (χ1) is 12.8. The van der Waals surface area contributed by atoms with Crippen molar-refractivity contribution in [2.75, 3.05) is 49.1 Å². The first kappa shape index (κ1) is 20.4. The molecule has 1 N–H and O–H groups in total. The molecule has 0 spiro atoms. The summed E-state index contributed by atoms with van der Waals surface area (Å²) in [5, 5.41) is 0.732. The Morgan fingerprint density at radius 3 is 2.63 bits per heavy atom. The molecule has 0 aromatic heterocycles. The van der Waals surface area contributed by atoms with Crippen LogP contribution in [0.1, 0.15) is 20.3 Å². The van der Waals surface area contributed by atoms with Gasteiger partial charge in [-0.05, 0) is 38.5 Å². The van der Waals surface area contributed by atoms with Gasteiger partial charge in [0.2, 0.25) is 0 Å². The number of likely N-dealkylation sites (N-methyl/N-ethyl adjacent to an activating group) is 1. The van der Waals surface area contributed by atoms with Crippen LogP contribution in [-0.4, -0.2) is 75.5 Å². The van der Waals surface area contributed by atoms with Gasteiger partial charge >= 0.3 is 0 Å². The summed E-state index contributed by atoms with van der Waals surface area (Å²) in [6, 6.07) is 7.54. The third-order valence-corrected chi connectivity index (χ3v) is 7.82. The van der Waals surface area contributed by atoms with Crippen molar-refractivity contribution in [3.8, 4) is 0 Å². The van der Waals surface area contributed by atoms with E-state index in [1.165, 1.54) is 4.90 Å². The Morgan fingerprint density at radius 2 is 2.07 bits per heavy atom. The summed E-state index contributed by atoms with van der Waals surface area (Å²) in [5.41, 5.74) is 1.12. The minimum absolute atomic E-state index is 0.0748. The van der Waals surface area contributed by atoms with Crippen LogP contribution in [0, 0.1) is 0 Å². The minimum atomic E-state index is -2.99. The molecule has 0 aliphatic carbocycles. The number of anilines is 1. The number of nitrogens with zero attached hydrogens (tertiary/aromatic N) is 2. The van der Waals surface area contributed by atoms with Gasteiger partial charge in [0, 0.05) is 23.3 Å². The van der Waals surface area contributed by atoms with Crippen LogP contribution in [0.15, 0.2) is 24.3 Å². The highest BCUT2D eigenvalue weighted by Gasteiger charge is 2.38. The lowest BCUT2D eigenvalue weighted by Crippen LogP contribution is -3.19. The average molecular weight is 415 g/mol. The molecule has 1 aromatic carbocycles. The lowest BCUT2D eigenvalue weighted by molar-refractivity contribution is -0.915. The van der Waals surface area contributed by atoms with E-state index < -0.39 is 9.84 Å². The first-order valence-corrected chi connectivity index (χ1v) is 11.9. The summed E-state index contributed by atoms with van der Waals surface area (Å²) < 4.78 is 23.6. The zero-order chi connectivity index (χ0) is 19.6. The molecular formula is C19H29ClN3O3S+. The number of hydrogen-bond donors (Lipinski definition) is 1. The van der Waals surface area contributed by atoms with E-state index in [0.29, 0.717) is 13.0 Å². The fourth-order valence-corrected chi connectivity index (χ4v) is 6.11. The highest BCUT2D eigenvalue weighted by Crippen LogP contribution is 2.20. The lowest BCUT2D eigenvalue weighted by Gasteiger charge is -2.38. The fourth-order valence-electron chi connectivity index (χ4n) is 4.20. The maximum absolute atomic E-state index is 13.0. The summed E-state index contributed by atoms with van der Waals surface area (Å²) in [6.07, 6.45) is 0.562. The monoisotopic (exact) mass is 414 g/mol. The van der Waals surface area contributed by atoms with Crippen LogP contribution in [0.3, 0.4) is 0 Å². The van der Waals surface area contributed by atoms with Crippen LogP contribution in [0.2, 0.25) is 5.02 Å². The van der Waals surface area contributed by atoms with Gasteiger partial charge in [-0.1, -0.05) is 17.7 Å². The predicted octanol–water partition coefficient (Wildman–Crippen LogP) is 0.469. The summed E-state index contributed by atoms with van der Waals surface area (Å²) in [5.74, 6) is 0.379. The topological polar surface area (TPSA) is 62.1 Å². The summed E-state index contributed by atoms with van der Waals surface area (Å²) in [6.45, 7) is 7.96. The molecular weight excluding hydrogens is 386 g/mol. The Kier molecular flexibility index (Phi) is 6.33. The molecule has 2 heterocycles. The van der Waals surface area contributed by atoms with Gasteiger partial charge in [-0.15, -0.1) is 0 Å². The molecule has 0 unspecified atom stereocenters. The van der Waals surface area contributed by atoms with Gasteiger partial charge in [0.1, 0.15) is 0 Å². The maximum Gasteiger partial charge on any atom is 0.280 e. The number of quaternary nitrogens is 1. The molecule has 2 atom stereocenters. The van der Waals surface area contributed by atoms with Crippen LogP contribution in [-0.2, 0) is 14.6 Å². The highest BCUT2D eigenvalue weighted by molar-refractivity contribution is 7.91. The molecule has 0 bridgehead atoms. The number of sulfone groups is 1. The Hall–Kier alpha value is -1.31. The number of halogens is 1. The number of rotatable bonds is 5. The maximum atomic E-state index is 13.0. The zero-order valence-electron chi connectivity index (χ0n) is 16.0. The van der Waals surface area contributed by atoms with Gasteiger partial charge in [0.15, 0.2) is 15.9 Å². The zero-order valence-corrected chi connectivity index (χ0v) is 17.6. The van der Waals surface area contributed by atoms with Crippen molar-refractivity contribution in [1.82, 2.24) is 4.90 Å². The number of piperazine rings is 1. The van der Waals surface area contributed by atoms with Gasteiger partial charge in [0.05, 0.1) is 37.7 Å². The second kappa shape index (κ2) is 8.37. The molecule has 1 amide bonds. The fraction of sp³-hybridized carbons (Fsp3) is 0.632. The molecule has 6 nitrogen and oxygen atoms in total. The van der Waals surface area contributed by atoms with Crippen LogP contribution in [0.4, 0.5) is 5.69 Å². The predicted molar refractivity (Wildman–Crippen MR) is 108 cm³/mol. The smallest absolute Gasteiger partial charge is 0.280 e. The van der Waals surface area contributed by atoms with Crippen molar-refractivity contribution >= 4 is 33.0 Å². The number of nitrogens with one attached hydrogen (secondary N) is 1. The second-order valence-corrected chi connectivity index (χ2v) is 10.2.